The van der Waals surface area contributed by atoms with Crippen molar-refractivity contribution in [1.82, 2.24) is 10.6 Å². The molecule has 0 saturated carbocycles. The van der Waals surface area contributed by atoms with Gasteiger partial charge in [-0.05, 0) is 18.8 Å². The number of sulfone groups is 1. The number of methoxy groups -OCH3 is 1. The Morgan fingerprint density at radius 2 is 1.95 bits per heavy atom. The third-order valence-corrected chi connectivity index (χ3v) is 3.85. The van der Waals surface area contributed by atoms with E-state index in [1.54, 1.807) is 14.2 Å². The van der Waals surface area contributed by atoms with Crippen molar-refractivity contribution >= 4 is 39.8 Å². The highest BCUT2D eigenvalue weighted by Gasteiger charge is 2.20. The van der Waals surface area contributed by atoms with Gasteiger partial charge in [0.05, 0.1) is 12.4 Å². The fraction of sp³-hybridized carbons (Fsp3) is 0.923. The number of guanidine groups is 1. The number of hydrogen-bond acceptors (Lipinski definition) is 4. The lowest BCUT2D eigenvalue weighted by Gasteiger charge is -2.26. The zero-order valence-corrected chi connectivity index (χ0v) is 17.0. The zero-order valence-electron chi connectivity index (χ0n) is 13.9. The summed E-state index contributed by atoms with van der Waals surface area (Å²) in [4.78, 5) is 4.14. The molecule has 6 nitrogen and oxygen atoms in total. The highest BCUT2D eigenvalue weighted by atomic mass is 127. The normalized spacial score (nSPS) is 14.3. The molecule has 0 heterocycles. The van der Waals surface area contributed by atoms with Gasteiger partial charge in [0.25, 0.3) is 0 Å². The standard InChI is InChI=1S/C13H29N3O3S.HI/c1-11(9-19-5)16-12(14-4)15-10-13(2,3)7-8-20(6,17)18;/h11H,7-10H2,1-6H3,(H2,14,15,16);1H. The largest absolute Gasteiger partial charge is 0.383 e. The molecule has 0 aliphatic heterocycles. The van der Waals surface area contributed by atoms with Crippen molar-refractivity contribution in [2.45, 2.75) is 33.2 Å². The van der Waals surface area contributed by atoms with E-state index in [0.717, 1.165) is 0 Å². The van der Waals surface area contributed by atoms with E-state index in [2.05, 4.69) is 15.6 Å². The number of ether oxygens (including phenoxy) is 1. The van der Waals surface area contributed by atoms with Gasteiger partial charge >= 0.3 is 0 Å². The fourth-order valence-corrected chi connectivity index (χ4v) is 2.52. The lowest BCUT2D eigenvalue weighted by atomic mass is 9.90. The van der Waals surface area contributed by atoms with Crippen LogP contribution >= 0.6 is 24.0 Å². The van der Waals surface area contributed by atoms with Gasteiger partial charge in [0, 0.05) is 33.0 Å². The molecule has 21 heavy (non-hydrogen) atoms. The van der Waals surface area contributed by atoms with Crippen molar-refractivity contribution < 1.29 is 13.2 Å². The maximum Gasteiger partial charge on any atom is 0.191 e. The van der Waals surface area contributed by atoms with Crippen molar-refractivity contribution in [1.29, 1.82) is 0 Å². The molecular formula is C13H30IN3O3S. The van der Waals surface area contributed by atoms with Crippen molar-refractivity contribution in [2.75, 3.05) is 39.3 Å². The molecular weight excluding hydrogens is 405 g/mol. The molecule has 0 spiro atoms. The first-order valence-corrected chi connectivity index (χ1v) is 8.79. The number of rotatable bonds is 8. The Morgan fingerprint density at radius 3 is 2.38 bits per heavy atom. The van der Waals surface area contributed by atoms with Crippen LogP contribution in [0.2, 0.25) is 0 Å². The second-order valence-corrected chi connectivity index (χ2v) is 8.23. The summed E-state index contributed by atoms with van der Waals surface area (Å²) in [6.07, 6.45) is 1.88. The third kappa shape index (κ3) is 13.3. The lowest BCUT2D eigenvalue weighted by Crippen LogP contribution is -2.46. The van der Waals surface area contributed by atoms with E-state index in [1.807, 2.05) is 20.8 Å². The summed E-state index contributed by atoms with van der Waals surface area (Å²) in [5.74, 6) is 0.898. The Balaban J connectivity index is 0. The summed E-state index contributed by atoms with van der Waals surface area (Å²) in [5, 5.41) is 6.43. The first kappa shape index (κ1) is 23.2. The molecule has 8 heteroatoms. The molecule has 0 amide bonds. The zero-order chi connectivity index (χ0) is 15.8. The quantitative estimate of drug-likeness (QED) is 0.341. The minimum Gasteiger partial charge on any atom is -0.383 e. The van der Waals surface area contributed by atoms with Crippen molar-refractivity contribution in [2.24, 2.45) is 10.4 Å². The monoisotopic (exact) mass is 435 g/mol. The molecule has 0 aromatic carbocycles. The molecule has 1 unspecified atom stereocenters. The molecule has 0 saturated heterocycles. The summed E-state index contributed by atoms with van der Waals surface area (Å²) >= 11 is 0. The molecule has 0 aromatic heterocycles. The summed E-state index contributed by atoms with van der Waals surface area (Å²) in [5.41, 5.74) is -0.120. The number of nitrogens with one attached hydrogen (secondary N) is 2. The average Bonchev–Trinajstić information content (AvgIpc) is 2.32. The number of halogens is 1. The molecule has 0 radical (unpaired) electrons. The summed E-state index contributed by atoms with van der Waals surface area (Å²) in [6, 6.07) is 0.158. The van der Waals surface area contributed by atoms with Crippen LogP contribution in [0.15, 0.2) is 4.99 Å². The van der Waals surface area contributed by atoms with E-state index in [4.69, 9.17) is 4.74 Å². The van der Waals surface area contributed by atoms with Crippen LogP contribution in [-0.2, 0) is 14.6 Å². The number of hydrogen-bond donors (Lipinski definition) is 2. The van der Waals surface area contributed by atoms with E-state index in [1.165, 1.54) is 6.26 Å². The molecule has 0 aliphatic carbocycles. The molecule has 0 bridgehead atoms. The van der Waals surface area contributed by atoms with Gasteiger partial charge in [-0.2, -0.15) is 0 Å². The van der Waals surface area contributed by atoms with E-state index in [9.17, 15) is 8.42 Å². The Labute approximate surface area is 146 Å². The van der Waals surface area contributed by atoms with Crippen LogP contribution in [0.5, 0.6) is 0 Å². The van der Waals surface area contributed by atoms with Crippen LogP contribution in [0.1, 0.15) is 27.2 Å². The van der Waals surface area contributed by atoms with Gasteiger partial charge in [0.1, 0.15) is 9.84 Å². The van der Waals surface area contributed by atoms with Crippen LogP contribution in [0.25, 0.3) is 0 Å². The highest BCUT2D eigenvalue weighted by Crippen LogP contribution is 2.19. The second-order valence-electron chi connectivity index (χ2n) is 5.97. The predicted octanol–water partition coefficient (Wildman–Crippen LogP) is 1.27. The smallest absolute Gasteiger partial charge is 0.191 e. The molecule has 1 atom stereocenters. The molecule has 0 rings (SSSR count). The van der Waals surface area contributed by atoms with Gasteiger partial charge in [-0.25, -0.2) is 8.42 Å². The fourth-order valence-electron chi connectivity index (χ4n) is 1.59. The van der Waals surface area contributed by atoms with Gasteiger partial charge in [0.2, 0.25) is 0 Å². The Kier molecular flexibility index (Phi) is 11.7. The maximum atomic E-state index is 11.2. The molecule has 128 valence electrons. The summed E-state index contributed by atoms with van der Waals surface area (Å²) in [7, 11) is 0.444. The minimum absolute atomic E-state index is 0. The van der Waals surface area contributed by atoms with Crippen molar-refractivity contribution in [3.05, 3.63) is 0 Å². The van der Waals surface area contributed by atoms with Crippen LogP contribution in [0.3, 0.4) is 0 Å². The Morgan fingerprint density at radius 1 is 1.38 bits per heavy atom. The molecule has 0 fully saturated rings. The molecule has 0 aromatic rings. The molecule has 2 N–H and O–H groups in total. The Hall–Kier alpha value is -0.0900. The second kappa shape index (κ2) is 10.6. The van der Waals surface area contributed by atoms with Crippen LogP contribution in [0.4, 0.5) is 0 Å². The van der Waals surface area contributed by atoms with Crippen molar-refractivity contribution in [3.8, 4) is 0 Å². The first-order chi connectivity index (χ1) is 9.09. The predicted molar refractivity (Wildman–Crippen MR) is 99.4 cm³/mol. The number of nitrogens with zero attached hydrogens (tertiary/aromatic N) is 1. The Bertz CT molecular complexity index is 411. The number of aliphatic imine (C=N–C) groups is 1. The minimum atomic E-state index is -2.92. The topological polar surface area (TPSA) is 79.8 Å². The van der Waals surface area contributed by atoms with E-state index in [-0.39, 0.29) is 41.2 Å². The highest BCUT2D eigenvalue weighted by molar-refractivity contribution is 14.0. The van der Waals surface area contributed by atoms with Crippen LogP contribution < -0.4 is 10.6 Å². The summed E-state index contributed by atoms with van der Waals surface area (Å²) in [6.45, 7) is 7.33. The van der Waals surface area contributed by atoms with E-state index in [0.29, 0.717) is 25.5 Å². The van der Waals surface area contributed by atoms with Crippen LogP contribution in [-0.4, -0.2) is 59.7 Å². The van der Waals surface area contributed by atoms with Gasteiger partial charge < -0.3 is 15.4 Å². The van der Waals surface area contributed by atoms with Gasteiger partial charge in [-0.15, -0.1) is 24.0 Å². The third-order valence-electron chi connectivity index (χ3n) is 2.91. The van der Waals surface area contributed by atoms with E-state index >= 15 is 0 Å². The van der Waals surface area contributed by atoms with Crippen molar-refractivity contribution in [3.63, 3.8) is 0 Å². The van der Waals surface area contributed by atoms with Gasteiger partial charge in [-0.3, -0.25) is 4.99 Å². The summed E-state index contributed by atoms with van der Waals surface area (Å²) < 4.78 is 27.5. The maximum absolute atomic E-state index is 11.2. The van der Waals surface area contributed by atoms with E-state index < -0.39 is 9.84 Å². The first-order valence-electron chi connectivity index (χ1n) is 6.73. The van der Waals surface area contributed by atoms with Crippen LogP contribution in [0, 0.1) is 5.41 Å². The average molecular weight is 435 g/mol. The SMILES string of the molecule is CN=C(NCC(C)(C)CCS(C)(=O)=O)NC(C)COC.I. The lowest BCUT2D eigenvalue weighted by molar-refractivity contribution is 0.178. The molecule has 0 aliphatic rings. The van der Waals surface area contributed by atoms with Gasteiger partial charge in [-0.1, -0.05) is 13.8 Å². The van der Waals surface area contributed by atoms with Gasteiger partial charge in [0.15, 0.2) is 5.96 Å².